The van der Waals surface area contributed by atoms with Gasteiger partial charge in [0.15, 0.2) is 0 Å². The van der Waals surface area contributed by atoms with Crippen molar-refractivity contribution in [2.24, 2.45) is 0 Å². The molecule has 0 heterocycles. The van der Waals surface area contributed by atoms with E-state index < -0.39 is 5.97 Å². The van der Waals surface area contributed by atoms with Crippen LogP contribution in [0.15, 0.2) is 12.2 Å². The van der Waals surface area contributed by atoms with Crippen molar-refractivity contribution >= 4 is 5.97 Å². The minimum atomic E-state index is -1.02. The topological polar surface area (TPSA) is 40.1 Å². The van der Waals surface area contributed by atoms with Gasteiger partial charge in [0.2, 0.25) is 0 Å². The molecule has 0 rings (SSSR count). The Kier molecular flexibility index (Phi) is 3.94. The van der Waals surface area contributed by atoms with Crippen molar-refractivity contribution in [2.45, 2.75) is 19.8 Å². The first-order valence-corrected chi connectivity index (χ1v) is 2.62. The monoisotopic (exact) mass is 113 g/mol. The summed E-state index contributed by atoms with van der Waals surface area (Å²) in [6.07, 6.45) is 4.31. The van der Waals surface area contributed by atoms with Crippen LogP contribution in [0.25, 0.3) is 0 Å². The second kappa shape index (κ2) is 4.37. The van der Waals surface area contributed by atoms with Gasteiger partial charge in [0, 0.05) is 12.4 Å². The van der Waals surface area contributed by atoms with E-state index in [1.807, 2.05) is 6.92 Å². The third-order valence-electron chi connectivity index (χ3n) is 0.687. The second-order valence-electron chi connectivity index (χ2n) is 1.46. The summed E-state index contributed by atoms with van der Waals surface area (Å²) in [6.45, 7) is 1.95. The van der Waals surface area contributed by atoms with Crippen LogP contribution in [0.4, 0.5) is 0 Å². The molecule has 0 fully saturated rings. The van der Waals surface area contributed by atoms with Crippen LogP contribution < -0.4 is 5.11 Å². The van der Waals surface area contributed by atoms with Crippen LogP contribution >= 0.6 is 0 Å². The molecule has 0 unspecified atom stereocenters. The van der Waals surface area contributed by atoms with E-state index in [-0.39, 0.29) is 6.42 Å². The molecule has 0 radical (unpaired) electrons. The molecule has 0 spiro atoms. The fourth-order valence-corrected chi connectivity index (χ4v) is 0.346. The fraction of sp³-hybridized carbons (Fsp3) is 0.500. The lowest BCUT2D eigenvalue weighted by Crippen LogP contribution is -2.20. The molecular formula is C6H9O2-. The molecule has 0 saturated carbocycles. The van der Waals surface area contributed by atoms with Gasteiger partial charge in [-0.3, -0.25) is 0 Å². The minimum Gasteiger partial charge on any atom is -0.550 e. The smallest absolute Gasteiger partial charge is 0.0452 e. The summed E-state index contributed by atoms with van der Waals surface area (Å²) in [5, 5.41) is 9.71. The van der Waals surface area contributed by atoms with Gasteiger partial charge in [-0.15, -0.1) is 0 Å². The maximum atomic E-state index is 9.71. The van der Waals surface area contributed by atoms with Crippen molar-refractivity contribution in [1.82, 2.24) is 0 Å². The zero-order valence-electron chi connectivity index (χ0n) is 4.89. The first-order valence-electron chi connectivity index (χ1n) is 2.62. The molecule has 46 valence electrons. The number of carboxylic acid groups (broad SMARTS) is 1. The van der Waals surface area contributed by atoms with E-state index in [0.29, 0.717) is 0 Å². The number of hydrogen-bond acceptors (Lipinski definition) is 2. The lowest BCUT2D eigenvalue weighted by Gasteiger charge is -1.91. The summed E-state index contributed by atoms with van der Waals surface area (Å²) in [5.74, 6) is -1.02. The number of allylic oxidation sites excluding steroid dienone is 1. The van der Waals surface area contributed by atoms with Crippen molar-refractivity contribution in [3.8, 4) is 0 Å². The predicted molar refractivity (Wildman–Crippen MR) is 29.1 cm³/mol. The Labute approximate surface area is 48.8 Å². The van der Waals surface area contributed by atoms with E-state index in [4.69, 9.17) is 0 Å². The van der Waals surface area contributed by atoms with Crippen molar-refractivity contribution in [2.75, 3.05) is 0 Å². The first kappa shape index (κ1) is 7.21. The summed E-state index contributed by atoms with van der Waals surface area (Å²) in [4.78, 5) is 9.71. The molecule has 0 aliphatic heterocycles. The van der Waals surface area contributed by atoms with Crippen molar-refractivity contribution < 1.29 is 9.90 Å². The largest absolute Gasteiger partial charge is 0.550 e. The standard InChI is InChI=1S/C6H10O2/c1-2-3-4-5-6(7)8/h3-4H,2,5H2,1H3,(H,7,8)/p-1/b4-3-. The molecule has 0 amide bonds. The van der Waals surface area contributed by atoms with E-state index >= 15 is 0 Å². The molecule has 2 heteroatoms. The molecule has 0 N–H and O–H groups in total. The number of hydrogen-bond donors (Lipinski definition) is 0. The zero-order chi connectivity index (χ0) is 6.41. The first-order chi connectivity index (χ1) is 3.77. The van der Waals surface area contributed by atoms with Crippen LogP contribution in [-0.2, 0) is 4.79 Å². The summed E-state index contributed by atoms with van der Waals surface area (Å²) in [7, 11) is 0. The predicted octanol–water partition coefficient (Wildman–Crippen LogP) is 0.0926. The van der Waals surface area contributed by atoms with Gasteiger partial charge in [0.1, 0.15) is 0 Å². The maximum absolute atomic E-state index is 9.71. The SMILES string of the molecule is CC/C=C\CC(=O)[O-]. The third-order valence-corrected chi connectivity index (χ3v) is 0.687. The van der Waals surface area contributed by atoms with E-state index in [0.717, 1.165) is 6.42 Å². The molecule has 0 bridgehead atoms. The number of carbonyl (C=O) groups is 1. The van der Waals surface area contributed by atoms with E-state index in [1.165, 1.54) is 0 Å². The molecule has 0 aliphatic carbocycles. The average Bonchev–Trinajstić information content (AvgIpc) is 1.66. The molecule has 0 aliphatic rings. The van der Waals surface area contributed by atoms with Crippen LogP contribution in [0.5, 0.6) is 0 Å². The highest BCUT2D eigenvalue weighted by molar-refractivity contribution is 5.66. The molecule has 0 aromatic carbocycles. The van der Waals surface area contributed by atoms with Gasteiger partial charge in [-0.2, -0.15) is 0 Å². The molecule has 0 atom stereocenters. The lowest BCUT2D eigenvalue weighted by molar-refractivity contribution is -0.304. The van der Waals surface area contributed by atoms with E-state index in [9.17, 15) is 9.90 Å². The van der Waals surface area contributed by atoms with Crippen LogP contribution in [0, 0.1) is 0 Å². The quantitative estimate of drug-likeness (QED) is 0.487. The Morgan fingerprint density at radius 1 is 1.62 bits per heavy atom. The van der Waals surface area contributed by atoms with Gasteiger partial charge < -0.3 is 9.90 Å². The van der Waals surface area contributed by atoms with Crippen molar-refractivity contribution in [3.05, 3.63) is 12.2 Å². The molecule has 0 aromatic rings. The number of carboxylic acids is 1. The maximum Gasteiger partial charge on any atom is 0.0452 e. The Balaban J connectivity index is 3.16. The summed E-state index contributed by atoms with van der Waals surface area (Å²) < 4.78 is 0. The highest BCUT2D eigenvalue weighted by Gasteiger charge is 1.74. The van der Waals surface area contributed by atoms with Gasteiger partial charge >= 0.3 is 0 Å². The Hall–Kier alpha value is -0.790. The van der Waals surface area contributed by atoms with Gasteiger partial charge in [-0.05, 0) is 6.42 Å². The fourth-order valence-electron chi connectivity index (χ4n) is 0.346. The normalized spacial score (nSPS) is 10.1. The van der Waals surface area contributed by atoms with Gasteiger partial charge in [-0.1, -0.05) is 19.1 Å². The summed E-state index contributed by atoms with van der Waals surface area (Å²) in [5.41, 5.74) is 0. The highest BCUT2D eigenvalue weighted by Crippen LogP contribution is 1.82. The Morgan fingerprint density at radius 2 is 2.25 bits per heavy atom. The molecular weight excluding hydrogens is 104 g/mol. The molecule has 2 nitrogen and oxygen atoms in total. The van der Waals surface area contributed by atoms with Crippen molar-refractivity contribution in [1.29, 1.82) is 0 Å². The lowest BCUT2D eigenvalue weighted by atomic mass is 10.3. The van der Waals surface area contributed by atoms with Crippen LogP contribution in [0.2, 0.25) is 0 Å². The Morgan fingerprint density at radius 3 is 2.62 bits per heavy atom. The second-order valence-corrected chi connectivity index (χ2v) is 1.46. The van der Waals surface area contributed by atoms with Gasteiger partial charge in [0.05, 0.1) is 0 Å². The van der Waals surface area contributed by atoms with E-state index in [1.54, 1.807) is 12.2 Å². The summed E-state index contributed by atoms with van der Waals surface area (Å²) in [6, 6.07) is 0. The van der Waals surface area contributed by atoms with Gasteiger partial charge in [0.25, 0.3) is 0 Å². The average molecular weight is 113 g/mol. The zero-order valence-corrected chi connectivity index (χ0v) is 4.89. The van der Waals surface area contributed by atoms with Crippen LogP contribution in [0.1, 0.15) is 19.8 Å². The third kappa shape index (κ3) is 5.21. The highest BCUT2D eigenvalue weighted by atomic mass is 16.4. The van der Waals surface area contributed by atoms with E-state index in [2.05, 4.69) is 0 Å². The molecule has 8 heavy (non-hydrogen) atoms. The minimum absolute atomic E-state index is 0.0356. The van der Waals surface area contributed by atoms with Crippen LogP contribution in [-0.4, -0.2) is 5.97 Å². The van der Waals surface area contributed by atoms with Crippen molar-refractivity contribution in [3.63, 3.8) is 0 Å². The van der Waals surface area contributed by atoms with Crippen LogP contribution in [0.3, 0.4) is 0 Å². The molecule has 0 aromatic heterocycles. The number of carbonyl (C=O) groups excluding carboxylic acids is 1. The Bertz CT molecular complexity index is 94.7. The number of aliphatic carboxylic acids is 1. The summed E-state index contributed by atoms with van der Waals surface area (Å²) >= 11 is 0. The number of rotatable bonds is 3. The molecule has 0 saturated heterocycles. The van der Waals surface area contributed by atoms with Gasteiger partial charge in [-0.25, -0.2) is 0 Å².